The second kappa shape index (κ2) is 12.9. The maximum atomic E-state index is 14.6. The number of benzene rings is 2. The molecule has 1 aliphatic rings. The minimum Gasteiger partial charge on any atom is -0.493 e. The highest BCUT2D eigenvalue weighted by atomic mass is 35.5. The third kappa shape index (κ3) is 7.55. The van der Waals surface area contributed by atoms with Crippen molar-refractivity contribution in [3.05, 3.63) is 47.5 Å². The van der Waals surface area contributed by atoms with Gasteiger partial charge in [-0.3, -0.25) is 9.59 Å². The fourth-order valence-corrected chi connectivity index (χ4v) is 5.26. The van der Waals surface area contributed by atoms with Crippen LogP contribution in [0.2, 0.25) is 5.02 Å². The normalized spacial score (nSPS) is 17.9. The molecule has 1 atom stereocenters. The molecule has 1 heterocycles. The molecule has 1 fully saturated rings. The second-order valence-electron chi connectivity index (χ2n) is 11.0. The molecule has 1 aliphatic carbocycles. The van der Waals surface area contributed by atoms with Crippen molar-refractivity contribution >= 4 is 45.9 Å². The van der Waals surface area contributed by atoms with Gasteiger partial charge in [-0.1, -0.05) is 17.7 Å². The van der Waals surface area contributed by atoms with E-state index in [1.165, 1.54) is 19.5 Å². The van der Waals surface area contributed by atoms with E-state index in [-0.39, 0.29) is 29.2 Å². The van der Waals surface area contributed by atoms with E-state index >= 15 is 0 Å². The van der Waals surface area contributed by atoms with E-state index in [1.54, 1.807) is 52.1 Å². The van der Waals surface area contributed by atoms with Crippen LogP contribution in [0.5, 0.6) is 11.5 Å². The Morgan fingerprint density at radius 1 is 1.10 bits per heavy atom. The van der Waals surface area contributed by atoms with Crippen molar-refractivity contribution in [2.24, 2.45) is 11.8 Å². The summed E-state index contributed by atoms with van der Waals surface area (Å²) in [6.45, 7) is 5.38. The molecular weight excluding hydrogens is 553 g/mol. The summed E-state index contributed by atoms with van der Waals surface area (Å²) >= 11 is 5.94. The molecule has 3 aromatic rings. The molecule has 4 rings (SSSR count). The molecule has 0 unspecified atom stereocenters. The SMILES string of the molecule is COC(=O)[C@@H](CC(=O)OC(C)(C)C)C1CCC(Oc2cc3c(Nc4cccc(Cl)c4F)ncnc3cc2OC)CC1. The minimum absolute atomic E-state index is 0.00445. The number of aromatic nitrogens is 2. The van der Waals surface area contributed by atoms with E-state index < -0.39 is 29.3 Å². The van der Waals surface area contributed by atoms with Crippen LogP contribution in [0.4, 0.5) is 15.9 Å². The number of fused-ring (bicyclic) bond motifs is 1. The number of ether oxygens (including phenoxy) is 4. The van der Waals surface area contributed by atoms with Crippen LogP contribution < -0.4 is 14.8 Å². The van der Waals surface area contributed by atoms with E-state index in [2.05, 4.69) is 15.3 Å². The molecule has 11 heteroatoms. The first-order valence-electron chi connectivity index (χ1n) is 13.5. The van der Waals surface area contributed by atoms with E-state index in [9.17, 15) is 14.0 Å². The topological polar surface area (TPSA) is 109 Å². The van der Waals surface area contributed by atoms with Crippen molar-refractivity contribution in [2.75, 3.05) is 19.5 Å². The van der Waals surface area contributed by atoms with Crippen LogP contribution in [0.3, 0.4) is 0 Å². The molecular formula is C30H35ClFN3O6. The number of nitrogens with zero attached hydrogens (tertiary/aromatic N) is 2. The third-order valence-electron chi connectivity index (χ3n) is 7.02. The Bertz CT molecular complexity index is 1400. The summed E-state index contributed by atoms with van der Waals surface area (Å²) in [5, 5.41) is 3.61. The lowest BCUT2D eigenvalue weighted by atomic mass is 9.77. The lowest BCUT2D eigenvalue weighted by Crippen LogP contribution is -2.35. The summed E-state index contributed by atoms with van der Waals surface area (Å²) in [4.78, 5) is 33.7. The molecule has 0 bridgehead atoms. The minimum atomic E-state index is -0.634. The van der Waals surface area contributed by atoms with Gasteiger partial charge in [0.15, 0.2) is 17.3 Å². The molecule has 41 heavy (non-hydrogen) atoms. The highest BCUT2D eigenvalue weighted by Gasteiger charge is 2.36. The molecule has 9 nitrogen and oxygen atoms in total. The van der Waals surface area contributed by atoms with E-state index in [1.807, 2.05) is 0 Å². The van der Waals surface area contributed by atoms with E-state index in [0.717, 1.165) is 0 Å². The first-order chi connectivity index (χ1) is 19.5. The van der Waals surface area contributed by atoms with Crippen LogP contribution >= 0.6 is 11.6 Å². The van der Waals surface area contributed by atoms with Crippen molar-refractivity contribution in [2.45, 2.75) is 64.6 Å². The average molecular weight is 588 g/mol. The summed E-state index contributed by atoms with van der Waals surface area (Å²) in [6.07, 6.45) is 3.88. The van der Waals surface area contributed by atoms with Gasteiger partial charge in [-0.2, -0.15) is 0 Å². The predicted molar refractivity (Wildman–Crippen MR) is 153 cm³/mol. The average Bonchev–Trinajstić information content (AvgIpc) is 2.93. The Kier molecular flexibility index (Phi) is 9.53. The highest BCUT2D eigenvalue weighted by Crippen LogP contribution is 2.39. The summed E-state index contributed by atoms with van der Waals surface area (Å²) in [6, 6.07) is 8.19. The number of halogens is 2. The molecule has 2 aromatic carbocycles. The van der Waals surface area contributed by atoms with Crippen LogP contribution in [0.15, 0.2) is 36.7 Å². The molecule has 1 saturated carbocycles. The number of carbonyl (C=O) groups is 2. The molecule has 1 aromatic heterocycles. The third-order valence-corrected chi connectivity index (χ3v) is 7.31. The van der Waals surface area contributed by atoms with Crippen molar-refractivity contribution in [1.29, 1.82) is 0 Å². The van der Waals surface area contributed by atoms with E-state index in [0.29, 0.717) is 53.9 Å². The summed E-state index contributed by atoms with van der Waals surface area (Å²) in [5.74, 6) is -0.658. The van der Waals surface area contributed by atoms with Crippen molar-refractivity contribution in [3.8, 4) is 11.5 Å². The van der Waals surface area contributed by atoms with Crippen LogP contribution in [-0.2, 0) is 19.1 Å². The first-order valence-corrected chi connectivity index (χ1v) is 13.9. The maximum Gasteiger partial charge on any atom is 0.309 e. The summed E-state index contributed by atoms with van der Waals surface area (Å²) in [7, 11) is 2.88. The smallest absolute Gasteiger partial charge is 0.309 e. The number of esters is 2. The summed E-state index contributed by atoms with van der Waals surface area (Å²) in [5.41, 5.74) is 0.131. The quantitative estimate of drug-likeness (QED) is 0.276. The Hall–Kier alpha value is -3.66. The van der Waals surface area contributed by atoms with Gasteiger partial charge in [0.1, 0.15) is 17.7 Å². The number of carbonyl (C=O) groups excluding carboxylic acids is 2. The van der Waals surface area contributed by atoms with Gasteiger partial charge in [0.2, 0.25) is 0 Å². The lowest BCUT2D eigenvalue weighted by molar-refractivity contribution is -0.162. The van der Waals surface area contributed by atoms with Gasteiger partial charge in [0.05, 0.1) is 48.9 Å². The molecule has 1 N–H and O–H groups in total. The zero-order valence-electron chi connectivity index (χ0n) is 23.8. The van der Waals surface area contributed by atoms with Crippen LogP contribution in [-0.4, -0.2) is 47.8 Å². The predicted octanol–water partition coefficient (Wildman–Crippen LogP) is 6.63. The van der Waals surface area contributed by atoms with Gasteiger partial charge in [0.25, 0.3) is 0 Å². The highest BCUT2D eigenvalue weighted by molar-refractivity contribution is 6.31. The van der Waals surface area contributed by atoms with Gasteiger partial charge in [0, 0.05) is 11.5 Å². The molecule has 0 saturated heterocycles. The lowest BCUT2D eigenvalue weighted by Gasteiger charge is -2.33. The molecule has 0 aliphatic heterocycles. The Labute approximate surface area is 243 Å². The van der Waals surface area contributed by atoms with Crippen LogP contribution in [0.1, 0.15) is 52.9 Å². The van der Waals surface area contributed by atoms with Crippen molar-refractivity contribution in [1.82, 2.24) is 9.97 Å². The van der Waals surface area contributed by atoms with Gasteiger partial charge in [-0.25, -0.2) is 14.4 Å². The number of nitrogens with one attached hydrogen (secondary N) is 1. The monoisotopic (exact) mass is 587 g/mol. The van der Waals surface area contributed by atoms with Gasteiger partial charge >= 0.3 is 11.9 Å². The summed E-state index contributed by atoms with van der Waals surface area (Å²) < 4.78 is 37.0. The van der Waals surface area contributed by atoms with Gasteiger partial charge in [-0.05, 0) is 70.6 Å². The van der Waals surface area contributed by atoms with Gasteiger partial charge in [-0.15, -0.1) is 0 Å². The second-order valence-corrected chi connectivity index (χ2v) is 11.5. The first kappa shape index (κ1) is 30.3. The molecule has 0 radical (unpaired) electrons. The zero-order valence-corrected chi connectivity index (χ0v) is 24.6. The maximum absolute atomic E-state index is 14.6. The zero-order chi connectivity index (χ0) is 29.7. The number of hydrogen-bond donors (Lipinski definition) is 1. The van der Waals surface area contributed by atoms with Crippen LogP contribution in [0.25, 0.3) is 10.9 Å². The van der Waals surface area contributed by atoms with E-state index in [4.69, 9.17) is 30.5 Å². The number of methoxy groups -OCH3 is 2. The number of anilines is 2. The Balaban J connectivity index is 1.50. The number of hydrogen-bond acceptors (Lipinski definition) is 9. The molecule has 0 amide bonds. The molecule has 220 valence electrons. The van der Waals surface area contributed by atoms with Crippen LogP contribution in [0, 0.1) is 17.7 Å². The van der Waals surface area contributed by atoms with Gasteiger partial charge < -0.3 is 24.3 Å². The fourth-order valence-electron chi connectivity index (χ4n) is 5.09. The van der Waals surface area contributed by atoms with Crippen molar-refractivity contribution in [3.63, 3.8) is 0 Å². The Morgan fingerprint density at radius 3 is 2.49 bits per heavy atom. The van der Waals surface area contributed by atoms with Crippen molar-refractivity contribution < 1.29 is 32.9 Å². The Morgan fingerprint density at radius 2 is 1.83 bits per heavy atom. The number of rotatable bonds is 9. The standard InChI is InChI=1S/C30H35ClFN3O6/c1-30(2,3)41-26(36)14-19(29(37)39-5)17-9-11-18(12-10-17)40-25-13-20-23(15-24(25)38-4)33-16-34-28(20)35-22-8-6-7-21(31)27(22)32/h6-8,13,15-19H,9-12,14H2,1-5H3,(H,33,34,35)/t17?,18?,19-/m0/s1. The molecule has 0 spiro atoms. The fraction of sp³-hybridized carbons (Fsp3) is 0.467. The largest absolute Gasteiger partial charge is 0.493 e.